The van der Waals surface area contributed by atoms with E-state index in [-0.39, 0.29) is 5.41 Å². The number of rotatable bonds is 1. The van der Waals surface area contributed by atoms with Crippen molar-refractivity contribution in [3.05, 3.63) is 35.4 Å². The van der Waals surface area contributed by atoms with Crippen LogP contribution < -0.4 is 5.73 Å². The Bertz CT molecular complexity index is 335. The van der Waals surface area contributed by atoms with Crippen LogP contribution in [-0.4, -0.2) is 6.04 Å². The maximum atomic E-state index is 5.91. The molecule has 0 heterocycles. The summed E-state index contributed by atoms with van der Waals surface area (Å²) in [5, 5.41) is 0. The van der Waals surface area contributed by atoms with E-state index >= 15 is 0 Å². The van der Waals surface area contributed by atoms with E-state index < -0.39 is 0 Å². The van der Waals surface area contributed by atoms with Crippen molar-refractivity contribution in [2.75, 3.05) is 0 Å². The zero-order chi connectivity index (χ0) is 10.3. The molecule has 1 aromatic carbocycles. The molecule has 1 saturated carbocycles. The van der Waals surface area contributed by atoms with E-state index in [2.05, 4.69) is 45.0 Å². The lowest BCUT2D eigenvalue weighted by molar-refractivity contribution is 0.582. The van der Waals surface area contributed by atoms with Gasteiger partial charge in [-0.25, -0.2) is 0 Å². The summed E-state index contributed by atoms with van der Waals surface area (Å²) in [4.78, 5) is 0. The molecule has 14 heavy (non-hydrogen) atoms. The van der Waals surface area contributed by atoms with Gasteiger partial charge < -0.3 is 5.73 Å². The highest BCUT2D eigenvalue weighted by Gasteiger charge is 2.37. The molecule has 2 rings (SSSR count). The van der Waals surface area contributed by atoms with Gasteiger partial charge in [0.05, 0.1) is 0 Å². The van der Waals surface area contributed by atoms with E-state index in [0.717, 1.165) is 6.42 Å². The van der Waals surface area contributed by atoms with Crippen LogP contribution in [-0.2, 0) is 5.41 Å². The number of hydrogen-bond acceptors (Lipinski definition) is 1. The molecule has 0 aliphatic heterocycles. The molecule has 0 unspecified atom stereocenters. The van der Waals surface area contributed by atoms with Crippen LogP contribution in [0.5, 0.6) is 0 Å². The van der Waals surface area contributed by atoms with E-state index in [9.17, 15) is 0 Å². The van der Waals surface area contributed by atoms with Crippen LogP contribution in [0.4, 0.5) is 0 Å². The van der Waals surface area contributed by atoms with Crippen molar-refractivity contribution in [3.8, 4) is 0 Å². The monoisotopic (exact) mass is 189 g/mol. The fraction of sp³-hybridized carbons (Fsp3) is 0.538. The van der Waals surface area contributed by atoms with Crippen molar-refractivity contribution in [1.82, 2.24) is 0 Å². The molecule has 0 spiro atoms. The second-order valence-corrected chi connectivity index (χ2v) is 5.34. The number of nitrogens with two attached hydrogens (primary N) is 1. The summed E-state index contributed by atoms with van der Waals surface area (Å²) in [6, 6.07) is 9.12. The standard InChI is InChI=1S/C13H19N/c1-13(2,3)11-7-5-4-6-9(11)10-8-12(10)14/h4-7,10,12H,8,14H2,1-3H3/t10-,12+/m0/s1. The lowest BCUT2D eigenvalue weighted by atomic mass is 9.82. The zero-order valence-electron chi connectivity index (χ0n) is 9.25. The summed E-state index contributed by atoms with van der Waals surface area (Å²) < 4.78 is 0. The minimum Gasteiger partial charge on any atom is -0.327 e. The van der Waals surface area contributed by atoms with Crippen molar-refractivity contribution < 1.29 is 0 Å². The number of hydrogen-bond donors (Lipinski definition) is 1. The molecule has 1 nitrogen and oxygen atoms in total. The summed E-state index contributed by atoms with van der Waals surface area (Å²) in [5.41, 5.74) is 9.07. The SMILES string of the molecule is CC(C)(C)c1ccccc1[C@@H]1C[C@H]1N. The van der Waals surface area contributed by atoms with Gasteiger partial charge in [-0.15, -0.1) is 0 Å². The first-order valence-corrected chi connectivity index (χ1v) is 5.35. The summed E-state index contributed by atoms with van der Waals surface area (Å²) in [6.07, 6.45) is 1.16. The quantitative estimate of drug-likeness (QED) is 0.722. The normalized spacial score (nSPS) is 26.3. The second kappa shape index (κ2) is 3.09. The minimum atomic E-state index is 0.235. The zero-order valence-corrected chi connectivity index (χ0v) is 9.25. The largest absolute Gasteiger partial charge is 0.327 e. The predicted octanol–water partition coefficient (Wildman–Crippen LogP) is 2.80. The first kappa shape index (κ1) is 9.72. The Morgan fingerprint density at radius 3 is 2.29 bits per heavy atom. The fourth-order valence-electron chi connectivity index (χ4n) is 2.08. The maximum Gasteiger partial charge on any atom is 0.0115 e. The Morgan fingerprint density at radius 1 is 1.21 bits per heavy atom. The van der Waals surface area contributed by atoms with Crippen LogP contribution in [0, 0.1) is 0 Å². The number of benzene rings is 1. The van der Waals surface area contributed by atoms with E-state index in [1.165, 1.54) is 11.1 Å². The van der Waals surface area contributed by atoms with E-state index in [4.69, 9.17) is 5.73 Å². The van der Waals surface area contributed by atoms with Gasteiger partial charge in [-0.05, 0) is 23.0 Å². The first-order chi connectivity index (χ1) is 6.50. The van der Waals surface area contributed by atoms with Gasteiger partial charge >= 0.3 is 0 Å². The summed E-state index contributed by atoms with van der Waals surface area (Å²) in [5.74, 6) is 0.616. The van der Waals surface area contributed by atoms with Gasteiger partial charge in [0.1, 0.15) is 0 Å². The lowest BCUT2D eigenvalue weighted by Crippen LogP contribution is -2.14. The molecule has 0 bridgehead atoms. The first-order valence-electron chi connectivity index (χ1n) is 5.35. The molecule has 0 radical (unpaired) electrons. The van der Waals surface area contributed by atoms with Gasteiger partial charge in [0.25, 0.3) is 0 Å². The highest BCUT2D eigenvalue weighted by molar-refractivity contribution is 5.39. The molecule has 0 saturated heterocycles. The van der Waals surface area contributed by atoms with Gasteiger partial charge in [0.2, 0.25) is 0 Å². The van der Waals surface area contributed by atoms with Crippen LogP contribution >= 0.6 is 0 Å². The minimum absolute atomic E-state index is 0.235. The van der Waals surface area contributed by atoms with Crippen molar-refractivity contribution in [2.24, 2.45) is 5.73 Å². The van der Waals surface area contributed by atoms with Crippen LogP contribution in [0.2, 0.25) is 0 Å². The average molecular weight is 189 g/mol. The van der Waals surface area contributed by atoms with Crippen molar-refractivity contribution in [1.29, 1.82) is 0 Å². The smallest absolute Gasteiger partial charge is 0.0115 e. The Hall–Kier alpha value is -0.820. The van der Waals surface area contributed by atoms with Gasteiger partial charge in [-0.1, -0.05) is 45.0 Å². The second-order valence-electron chi connectivity index (χ2n) is 5.34. The molecule has 1 aromatic rings. The summed E-state index contributed by atoms with van der Waals surface area (Å²) >= 11 is 0. The van der Waals surface area contributed by atoms with Gasteiger partial charge in [0.15, 0.2) is 0 Å². The Morgan fingerprint density at radius 2 is 1.79 bits per heavy atom. The molecule has 0 amide bonds. The van der Waals surface area contributed by atoms with Gasteiger partial charge in [-0.3, -0.25) is 0 Å². The molecule has 2 atom stereocenters. The Kier molecular flexibility index (Phi) is 2.15. The van der Waals surface area contributed by atoms with Gasteiger partial charge in [-0.2, -0.15) is 0 Å². The van der Waals surface area contributed by atoms with Crippen LogP contribution in [0.1, 0.15) is 44.2 Å². The van der Waals surface area contributed by atoms with Crippen LogP contribution in [0.3, 0.4) is 0 Å². The molecule has 1 aliphatic carbocycles. The Balaban J connectivity index is 2.39. The highest BCUT2D eigenvalue weighted by atomic mass is 14.7. The van der Waals surface area contributed by atoms with E-state index in [1.54, 1.807) is 0 Å². The van der Waals surface area contributed by atoms with E-state index in [1.807, 2.05) is 0 Å². The Labute approximate surface area is 86.3 Å². The molecular formula is C13H19N. The van der Waals surface area contributed by atoms with Crippen LogP contribution in [0.15, 0.2) is 24.3 Å². The van der Waals surface area contributed by atoms with Crippen LogP contribution in [0.25, 0.3) is 0 Å². The maximum absolute atomic E-state index is 5.91. The average Bonchev–Trinajstić information content (AvgIpc) is 2.81. The van der Waals surface area contributed by atoms with E-state index in [0.29, 0.717) is 12.0 Å². The third-order valence-electron chi connectivity index (χ3n) is 3.01. The van der Waals surface area contributed by atoms with Gasteiger partial charge in [0, 0.05) is 12.0 Å². The summed E-state index contributed by atoms with van der Waals surface area (Å²) in [6.45, 7) is 6.79. The fourth-order valence-corrected chi connectivity index (χ4v) is 2.08. The van der Waals surface area contributed by atoms with Crippen molar-refractivity contribution in [2.45, 2.75) is 44.6 Å². The molecule has 2 N–H and O–H groups in total. The highest BCUT2D eigenvalue weighted by Crippen LogP contribution is 2.43. The molecular weight excluding hydrogens is 170 g/mol. The predicted molar refractivity (Wildman–Crippen MR) is 60.5 cm³/mol. The topological polar surface area (TPSA) is 26.0 Å². The molecule has 0 aromatic heterocycles. The lowest BCUT2D eigenvalue weighted by Gasteiger charge is -2.22. The summed E-state index contributed by atoms with van der Waals surface area (Å²) in [7, 11) is 0. The van der Waals surface area contributed by atoms with Crippen molar-refractivity contribution >= 4 is 0 Å². The molecule has 1 fully saturated rings. The third-order valence-corrected chi connectivity index (χ3v) is 3.01. The van der Waals surface area contributed by atoms with Crippen molar-refractivity contribution in [3.63, 3.8) is 0 Å². The molecule has 76 valence electrons. The molecule has 1 heteroatoms. The molecule has 1 aliphatic rings. The third kappa shape index (κ3) is 1.69.